The maximum atomic E-state index is 11.4. The lowest BCUT2D eigenvalue weighted by molar-refractivity contribution is -0.148. The Labute approximate surface area is 158 Å². The molecule has 2 nitrogen and oxygen atoms in total. The van der Waals surface area contributed by atoms with E-state index in [-0.39, 0.29) is 12.1 Å². The summed E-state index contributed by atoms with van der Waals surface area (Å²) in [5.41, 5.74) is 3.95. The minimum atomic E-state index is -0.131. The van der Waals surface area contributed by atoms with Crippen molar-refractivity contribution < 1.29 is 9.53 Å². The lowest BCUT2D eigenvalue weighted by atomic mass is 9.48. The van der Waals surface area contributed by atoms with Crippen molar-refractivity contribution in [2.24, 2.45) is 28.6 Å². The minimum Gasteiger partial charge on any atom is -0.462 e. The average Bonchev–Trinajstić information content (AvgIpc) is 2.92. The molecule has 4 rings (SSSR count). The van der Waals surface area contributed by atoms with Crippen LogP contribution in [0.3, 0.4) is 0 Å². The number of rotatable bonds is 2. The van der Waals surface area contributed by atoms with E-state index in [1.54, 1.807) is 11.1 Å². The number of fused-ring (bicyclic) bond motifs is 5. The van der Waals surface area contributed by atoms with Gasteiger partial charge in [0.1, 0.15) is 6.10 Å². The molecule has 0 N–H and O–H groups in total. The van der Waals surface area contributed by atoms with Gasteiger partial charge in [-0.3, -0.25) is 4.79 Å². The topological polar surface area (TPSA) is 26.3 Å². The molecule has 3 saturated carbocycles. The van der Waals surface area contributed by atoms with E-state index < -0.39 is 0 Å². The molecule has 0 aromatic rings. The lowest BCUT2D eigenvalue weighted by Crippen LogP contribution is -2.49. The molecule has 6 atom stereocenters. The Hall–Kier alpha value is -1.31. The van der Waals surface area contributed by atoms with E-state index >= 15 is 0 Å². The molecule has 3 fully saturated rings. The molecule has 0 amide bonds. The summed E-state index contributed by atoms with van der Waals surface area (Å²) in [6, 6.07) is 0. The second kappa shape index (κ2) is 6.39. The molecule has 26 heavy (non-hydrogen) atoms. The van der Waals surface area contributed by atoms with Crippen LogP contribution in [0.5, 0.6) is 0 Å². The summed E-state index contributed by atoms with van der Waals surface area (Å²) >= 11 is 0. The zero-order valence-electron chi connectivity index (χ0n) is 16.7. The van der Waals surface area contributed by atoms with Crippen LogP contribution in [0.25, 0.3) is 0 Å². The number of esters is 1. The highest BCUT2D eigenvalue weighted by atomic mass is 16.5. The molecule has 4 aliphatic carbocycles. The molecule has 0 aromatic heterocycles. The van der Waals surface area contributed by atoms with Crippen molar-refractivity contribution in [2.45, 2.75) is 78.2 Å². The van der Waals surface area contributed by atoms with Crippen LogP contribution in [-0.2, 0) is 9.53 Å². The minimum absolute atomic E-state index is 0.103. The Morgan fingerprint density at radius 2 is 1.92 bits per heavy atom. The summed E-state index contributed by atoms with van der Waals surface area (Å²) in [6.45, 7) is 10.5. The monoisotopic (exact) mass is 354 g/mol. The summed E-state index contributed by atoms with van der Waals surface area (Å²) in [7, 11) is 0. The number of allylic oxidation sites excluding steroid dienone is 4. The highest BCUT2D eigenvalue weighted by molar-refractivity contribution is 5.66. The molecular formula is C24H34O2. The molecular weight excluding hydrogens is 320 g/mol. The molecule has 0 saturated heterocycles. The Morgan fingerprint density at radius 3 is 2.65 bits per heavy atom. The van der Waals surface area contributed by atoms with Gasteiger partial charge in [0.2, 0.25) is 0 Å². The first kappa shape index (κ1) is 18.1. The van der Waals surface area contributed by atoms with Gasteiger partial charge in [-0.15, -0.1) is 0 Å². The van der Waals surface area contributed by atoms with Crippen LogP contribution in [0.15, 0.2) is 36.0 Å². The molecule has 0 aromatic carbocycles. The van der Waals surface area contributed by atoms with Crippen molar-refractivity contribution in [3.8, 4) is 0 Å². The first-order valence-electron chi connectivity index (χ1n) is 10.6. The third-order valence-corrected chi connectivity index (χ3v) is 8.56. The van der Waals surface area contributed by atoms with E-state index in [2.05, 4.69) is 32.6 Å². The van der Waals surface area contributed by atoms with Crippen LogP contribution in [0.2, 0.25) is 0 Å². The van der Waals surface area contributed by atoms with Gasteiger partial charge in [-0.1, -0.05) is 49.8 Å². The summed E-state index contributed by atoms with van der Waals surface area (Å²) in [5.74, 6) is 2.33. The number of carbonyl (C=O) groups excluding carboxylic acids is 1. The van der Waals surface area contributed by atoms with Crippen molar-refractivity contribution in [2.75, 3.05) is 0 Å². The summed E-state index contributed by atoms with van der Waals surface area (Å²) in [5, 5.41) is 0. The van der Waals surface area contributed by atoms with E-state index in [9.17, 15) is 4.79 Å². The van der Waals surface area contributed by atoms with E-state index in [1.807, 2.05) is 6.08 Å². The van der Waals surface area contributed by atoms with Crippen molar-refractivity contribution in [3.63, 3.8) is 0 Å². The van der Waals surface area contributed by atoms with E-state index in [4.69, 9.17) is 4.74 Å². The van der Waals surface area contributed by atoms with Gasteiger partial charge in [0, 0.05) is 13.3 Å². The molecule has 4 aliphatic rings. The fourth-order valence-electron chi connectivity index (χ4n) is 7.23. The Morgan fingerprint density at radius 1 is 1.19 bits per heavy atom. The zero-order valence-corrected chi connectivity index (χ0v) is 16.7. The highest BCUT2D eigenvalue weighted by Crippen LogP contribution is 2.66. The van der Waals surface area contributed by atoms with Gasteiger partial charge < -0.3 is 4.74 Å². The maximum Gasteiger partial charge on any atom is 0.302 e. The first-order chi connectivity index (χ1) is 12.4. The third kappa shape index (κ3) is 2.63. The van der Waals surface area contributed by atoms with E-state index in [1.165, 1.54) is 45.4 Å². The Kier molecular flexibility index (Phi) is 4.44. The second-order valence-corrected chi connectivity index (χ2v) is 9.66. The number of ether oxygens (including phenoxy) is 1. The van der Waals surface area contributed by atoms with E-state index in [0.29, 0.717) is 10.8 Å². The summed E-state index contributed by atoms with van der Waals surface area (Å²) in [4.78, 5) is 11.4. The zero-order chi connectivity index (χ0) is 18.5. The normalized spacial score (nSPS) is 46.0. The van der Waals surface area contributed by atoms with Gasteiger partial charge in [0.05, 0.1) is 0 Å². The lowest BCUT2D eigenvalue weighted by Gasteiger charge is -2.57. The molecule has 2 heteroatoms. The Balaban J connectivity index is 1.60. The van der Waals surface area contributed by atoms with Crippen molar-refractivity contribution in [3.05, 3.63) is 36.0 Å². The summed E-state index contributed by atoms with van der Waals surface area (Å²) in [6.07, 6.45) is 16.6. The van der Waals surface area contributed by atoms with Crippen molar-refractivity contribution in [1.29, 1.82) is 0 Å². The molecule has 0 spiro atoms. The van der Waals surface area contributed by atoms with Gasteiger partial charge in [-0.2, -0.15) is 0 Å². The standard InChI is InChI=1S/C24H34O2/c1-5-6-17-8-10-21-20-9-7-18-15-19(26-16(2)25)11-13-24(18,4)22(20)12-14-23(17,21)3/h5-7,19-22H,1,8-15H2,2-4H3/b17-6-/t19-,20-,21-,22-,23+,24+/m1/s1. The van der Waals surface area contributed by atoms with Crippen LogP contribution in [-0.4, -0.2) is 12.1 Å². The molecule has 0 heterocycles. The number of hydrogen-bond donors (Lipinski definition) is 0. The fourth-order valence-corrected chi connectivity index (χ4v) is 7.23. The summed E-state index contributed by atoms with van der Waals surface area (Å²) < 4.78 is 5.55. The average molecular weight is 355 g/mol. The number of hydrogen-bond acceptors (Lipinski definition) is 2. The predicted octanol–water partition coefficient (Wildman–Crippen LogP) is 5.99. The maximum absolute atomic E-state index is 11.4. The molecule has 0 unspecified atom stereocenters. The molecule has 0 aliphatic heterocycles. The smallest absolute Gasteiger partial charge is 0.302 e. The second-order valence-electron chi connectivity index (χ2n) is 9.66. The number of carbonyl (C=O) groups is 1. The van der Waals surface area contributed by atoms with E-state index in [0.717, 1.165) is 30.6 Å². The van der Waals surface area contributed by atoms with Crippen LogP contribution >= 0.6 is 0 Å². The third-order valence-electron chi connectivity index (χ3n) is 8.56. The van der Waals surface area contributed by atoms with Crippen molar-refractivity contribution >= 4 is 5.97 Å². The SMILES string of the molecule is C=C/C=C1/CC[C@@H]2[C@H]3CC=C4C[C@H](OC(C)=O)CC[C@]4(C)[C@@H]3CC[C@@]12C. The first-order valence-corrected chi connectivity index (χ1v) is 10.6. The van der Waals surface area contributed by atoms with Crippen LogP contribution in [0, 0.1) is 28.6 Å². The van der Waals surface area contributed by atoms with Gasteiger partial charge in [-0.25, -0.2) is 0 Å². The van der Waals surface area contributed by atoms with Crippen LogP contribution < -0.4 is 0 Å². The highest BCUT2D eigenvalue weighted by Gasteiger charge is 2.57. The predicted molar refractivity (Wildman–Crippen MR) is 106 cm³/mol. The largest absolute Gasteiger partial charge is 0.462 e. The molecule has 142 valence electrons. The van der Waals surface area contributed by atoms with Crippen LogP contribution in [0.1, 0.15) is 72.1 Å². The van der Waals surface area contributed by atoms with Gasteiger partial charge in [0.25, 0.3) is 0 Å². The quantitative estimate of drug-likeness (QED) is 0.449. The molecule has 0 bridgehead atoms. The van der Waals surface area contributed by atoms with Crippen LogP contribution in [0.4, 0.5) is 0 Å². The van der Waals surface area contributed by atoms with Gasteiger partial charge in [-0.05, 0) is 73.5 Å². The fraction of sp³-hybridized carbons (Fsp3) is 0.708. The van der Waals surface area contributed by atoms with Gasteiger partial charge >= 0.3 is 5.97 Å². The van der Waals surface area contributed by atoms with Crippen molar-refractivity contribution in [1.82, 2.24) is 0 Å². The molecule has 0 radical (unpaired) electrons. The van der Waals surface area contributed by atoms with Gasteiger partial charge in [0.15, 0.2) is 0 Å². The Bertz CT molecular complexity index is 672.